The normalized spacial score (nSPS) is 13.8. The van der Waals surface area contributed by atoms with Gasteiger partial charge in [-0.15, -0.1) is 0 Å². The van der Waals surface area contributed by atoms with Gasteiger partial charge in [0, 0.05) is 5.56 Å². The van der Waals surface area contributed by atoms with Crippen molar-refractivity contribution < 1.29 is 9.90 Å². The first-order valence-electron chi connectivity index (χ1n) is 6.97. The highest BCUT2D eigenvalue weighted by atomic mass is 16.3. The Morgan fingerprint density at radius 3 is 2.20 bits per heavy atom. The number of rotatable bonds is 5. The van der Waals surface area contributed by atoms with Crippen LogP contribution >= 0.6 is 0 Å². The van der Waals surface area contributed by atoms with Crippen molar-refractivity contribution in [2.75, 3.05) is 0 Å². The van der Waals surface area contributed by atoms with Gasteiger partial charge in [-0.1, -0.05) is 67.1 Å². The van der Waals surface area contributed by atoms with Crippen LogP contribution in [0.4, 0.5) is 0 Å². The minimum Gasteiger partial charge on any atom is -0.388 e. The van der Waals surface area contributed by atoms with Gasteiger partial charge in [0.15, 0.2) is 5.78 Å². The number of aliphatic hydroxyl groups is 1. The molecule has 0 aliphatic heterocycles. The molecule has 2 aromatic carbocycles. The average molecular weight is 268 g/mol. The second-order valence-electron chi connectivity index (χ2n) is 5.10. The molecule has 2 aromatic rings. The summed E-state index contributed by atoms with van der Waals surface area (Å²) < 4.78 is 0. The van der Waals surface area contributed by atoms with Crippen molar-refractivity contribution in [1.82, 2.24) is 0 Å². The van der Waals surface area contributed by atoms with Crippen LogP contribution in [0.3, 0.4) is 0 Å². The fourth-order valence-corrected chi connectivity index (χ4v) is 2.36. The number of aliphatic hydroxyl groups excluding tert-OH is 1. The van der Waals surface area contributed by atoms with Crippen molar-refractivity contribution in [3.63, 3.8) is 0 Å². The van der Waals surface area contributed by atoms with Crippen molar-refractivity contribution in [1.29, 1.82) is 0 Å². The number of benzene rings is 2. The number of carbonyl (C=O) groups is 1. The van der Waals surface area contributed by atoms with E-state index in [4.69, 9.17) is 0 Å². The molecule has 0 saturated carbocycles. The highest BCUT2D eigenvalue weighted by Crippen LogP contribution is 2.28. The van der Waals surface area contributed by atoms with Crippen LogP contribution < -0.4 is 0 Å². The molecule has 0 saturated heterocycles. The van der Waals surface area contributed by atoms with Gasteiger partial charge in [-0.05, 0) is 18.9 Å². The Bertz CT molecular complexity index is 558. The van der Waals surface area contributed by atoms with E-state index in [2.05, 4.69) is 0 Å². The maximum atomic E-state index is 12.5. The van der Waals surface area contributed by atoms with Crippen LogP contribution in [0.2, 0.25) is 0 Å². The third kappa shape index (κ3) is 3.14. The van der Waals surface area contributed by atoms with E-state index in [9.17, 15) is 9.90 Å². The summed E-state index contributed by atoms with van der Waals surface area (Å²) in [5.74, 6) is -0.402. The molecule has 0 unspecified atom stereocenters. The van der Waals surface area contributed by atoms with Gasteiger partial charge in [-0.2, -0.15) is 0 Å². The molecule has 20 heavy (non-hydrogen) atoms. The van der Waals surface area contributed by atoms with Gasteiger partial charge < -0.3 is 5.11 Å². The Labute approximate surface area is 120 Å². The van der Waals surface area contributed by atoms with Gasteiger partial charge in [0.05, 0.1) is 12.0 Å². The van der Waals surface area contributed by atoms with Gasteiger partial charge in [0.25, 0.3) is 0 Å². The van der Waals surface area contributed by atoms with Gasteiger partial charge in [-0.25, -0.2) is 0 Å². The Kier molecular flexibility index (Phi) is 4.70. The lowest BCUT2D eigenvalue weighted by Gasteiger charge is -2.21. The van der Waals surface area contributed by atoms with Crippen LogP contribution in [0.25, 0.3) is 0 Å². The summed E-state index contributed by atoms with van der Waals surface area (Å²) in [5, 5.41) is 10.5. The molecule has 104 valence electrons. The van der Waals surface area contributed by atoms with Crippen molar-refractivity contribution >= 4 is 5.78 Å². The smallest absolute Gasteiger partial charge is 0.168 e. The molecule has 1 N–H and O–H groups in total. The zero-order valence-corrected chi connectivity index (χ0v) is 11.9. The van der Waals surface area contributed by atoms with E-state index in [1.54, 1.807) is 12.1 Å². The lowest BCUT2D eigenvalue weighted by Crippen LogP contribution is -2.22. The van der Waals surface area contributed by atoms with Crippen LogP contribution in [-0.4, -0.2) is 10.9 Å². The molecular weight excluding hydrogens is 248 g/mol. The highest BCUT2D eigenvalue weighted by molar-refractivity contribution is 5.98. The average Bonchev–Trinajstić information content (AvgIpc) is 2.49. The molecule has 0 aliphatic carbocycles. The maximum Gasteiger partial charge on any atom is 0.168 e. The van der Waals surface area contributed by atoms with E-state index in [1.807, 2.05) is 56.3 Å². The first-order chi connectivity index (χ1) is 9.63. The number of hydrogen-bond donors (Lipinski definition) is 1. The molecule has 2 atom stereocenters. The van der Waals surface area contributed by atoms with Crippen LogP contribution in [-0.2, 0) is 0 Å². The van der Waals surface area contributed by atoms with E-state index in [0.29, 0.717) is 12.0 Å². The number of aryl methyl sites for hydroxylation is 1. The number of Topliss-reactive ketones (excluding diaryl/α,β-unsaturated/α-hetero) is 1. The van der Waals surface area contributed by atoms with Gasteiger partial charge in [-0.3, -0.25) is 4.79 Å². The molecule has 2 heteroatoms. The van der Waals surface area contributed by atoms with Gasteiger partial charge in [0.1, 0.15) is 0 Å². The molecular formula is C18H20O2. The SMILES string of the molecule is CC[C@@H](C(=O)c1ccccc1)[C@H](O)c1ccc(C)cc1. The molecule has 0 radical (unpaired) electrons. The monoisotopic (exact) mass is 268 g/mol. The summed E-state index contributed by atoms with van der Waals surface area (Å²) in [6, 6.07) is 16.9. The largest absolute Gasteiger partial charge is 0.388 e. The van der Waals surface area contributed by atoms with Crippen molar-refractivity contribution in [3.8, 4) is 0 Å². The zero-order valence-electron chi connectivity index (χ0n) is 11.9. The zero-order chi connectivity index (χ0) is 14.5. The molecule has 0 bridgehead atoms. The summed E-state index contributed by atoms with van der Waals surface area (Å²) in [7, 11) is 0. The molecule has 0 fully saturated rings. The first kappa shape index (κ1) is 14.5. The number of carbonyl (C=O) groups excluding carboxylic acids is 1. The van der Waals surface area contributed by atoms with E-state index in [-0.39, 0.29) is 5.78 Å². The predicted molar refractivity (Wildman–Crippen MR) is 80.7 cm³/mol. The molecule has 0 heterocycles. The van der Waals surface area contributed by atoms with Crippen LogP contribution in [0, 0.1) is 12.8 Å². The minimum atomic E-state index is -0.756. The Morgan fingerprint density at radius 2 is 1.65 bits per heavy atom. The summed E-state index contributed by atoms with van der Waals surface area (Å²) in [6.45, 7) is 3.94. The molecule has 0 aromatic heterocycles. The third-order valence-corrected chi connectivity index (χ3v) is 3.63. The van der Waals surface area contributed by atoms with E-state index < -0.39 is 12.0 Å². The second kappa shape index (κ2) is 6.49. The summed E-state index contributed by atoms with van der Waals surface area (Å²) >= 11 is 0. The molecule has 0 spiro atoms. The molecule has 0 amide bonds. The molecule has 0 aliphatic rings. The van der Waals surface area contributed by atoms with Crippen molar-refractivity contribution in [3.05, 3.63) is 71.3 Å². The number of hydrogen-bond acceptors (Lipinski definition) is 2. The molecule has 2 rings (SSSR count). The minimum absolute atomic E-state index is 0.00109. The third-order valence-electron chi connectivity index (χ3n) is 3.63. The molecule has 2 nitrogen and oxygen atoms in total. The summed E-state index contributed by atoms with van der Waals surface area (Å²) in [4.78, 5) is 12.5. The van der Waals surface area contributed by atoms with Gasteiger partial charge >= 0.3 is 0 Å². The van der Waals surface area contributed by atoms with Crippen LogP contribution in [0.5, 0.6) is 0 Å². The van der Waals surface area contributed by atoms with Crippen molar-refractivity contribution in [2.45, 2.75) is 26.4 Å². The quantitative estimate of drug-likeness (QED) is 0.834. The lowest BCUT2D eigenvalue weighted by molar-refractivity contribution is 0.0667. The Hall–Kier alpha value is -1.93. The second-order valence-corrected chi connectivity index (χ2v) is 5.10. The van der Waals surface area contributed by atoms with E-state index in [1.165, 1.54) is 0 Å². The van der Waals surface area contributed by atoms with E-state index in [0.717, 1.165) is 11.1 Å². The summed E-state index contributed by atoms with van der Waals surface area (Å²) in [6.07, 6.45) is -0.142. The van der Waals surface area contributed by atoms with Gasteiger partial charge in [0.2, 0.25) is 0 Å². The first-order valence-corrected chi connectivity index (χ1v) is 6.97. The van der Waals surface area contributed by atoms with E-state index >= 15 is 0 Å². The Morgan fingerprint density at radius 1 is 1.05 bits per heavy atom. The van der Waals surface area contributed by atoms with Crippen molar-refractivity contribution in [2.24, 2.45) is 5.92 Å². The van der Waals surface area contributed by atoms with Crippen LogP contribution in [0.15, 0.2) is 54.6 Å². The fraction of sp³-hybridized carbons (Fsp3) is 0.278. The Balaban J connectivity index is 2.23. The van der Waals surface area contributed by atoms with Crippen LogP contribution in [0.1, 0.15) is 40.9 Å². The predicted octanol–water partition coefficient (Wildman–Crippen LogP) is 3.94. The maximum absolute atomic E-state index is 12.5. The number of ketones is 1. The highest BCUT2D eigenvalue weighted by Gasteiger charge is 2.27. The standard InChI is InChI=1S/C18H20O2/c1-3-16(17(19)14-7-5-4-6-8-14)18(20)15-11-9-13(2)10-12-15/h4-12,16,18,20H,3H2,1-2H3/t16-,18+/m0/s1. The topological polar surface area (TPSA) is 37.3 Å². The lowest BCUT2D eigenvalue weighted by atomic mass is 9.86. The summed E-state index contributed by atoms with van der Waals surface area (Å²) in [5.41, 5.74) is 2.60. The fourth-order valence-electron chi connectivity index (χ4n) is 2.36.